The summed E-state index contributed by atoms with van der Waals surface area (Å²) in [6.45, 7) is 4.71. The highest BCUT2D eigenvalue weighted by atomic mass is 15.1. The van der Waals surface area contributed by atoms with Crippen molar-refractivity contribution in [2.24, 2.45) is 0 Å². The first-order valence-corrected chi connectivity index (χ1v) is 17.8. The van der Waals surface area contributed by atoms with E-state index in [-0.39, 0.29) is 5.41 Å². The van der Waals surface area contributed by atoms with Crippen LogP contribution < -0.4 is 4.90 Å². The molecule has 1 aromatic heterocycles. The van der Waals surface area contributed by atoms with Gasteiger partial charge in [0, 0.05) is 44.3 Å². The van der Waals surface area contributed by atoms with Gasteiger partial charge in [-0.15, -0.1) is 0 Å². The van der Waals surface area contributed by atoms with Crippen LogP contribution in [0.5, 0.6) is 0 Å². The van der Waals surface area contributed by atoms with Crippen molar-refractivity contribution < 1.29 is 0 Å². The van der Waals surface area contributed by atoms with Gasteiger partial charge in [0.15, 0.2) is 0 Å². The molecule has 0 unspecified atom stereocenters. The highest BCUT2D eigenvalue weighted by Crippen LogP contribution is 2.51. The highest BCUT2D eigenvalue weighted by Gasteiger charge is 2.35. The summed E-state index contributed by atoms with van der Waals surface area (Å²) in [4.78, 5) is 2.42. The largest absolute Gasteiger partial charge is 0.310 e. The van der Waals surface area contributed by atoms with Gasteiger partial charge in [-0.1, -0.05) is 141 Å². The minimum atomic E-state index is -0.0926. The lowest BCUT2D eigenvalue weighted by Gasteiger charge is -2.28. The minimum Gasteiger partial charge on any atom is -0.310 e. The molecule has 0 N–H and O–H groups in total. The van der Waals surface area contributed by atoms with Crippen molar-refractivity contribution in [3.05, 3.63) is 193 Å². The number of rotatable bonds is 5. The summed E-state index contributed by atoms with van der Waals surface area (Å²) < 4.78 is 2.42. The van der Waals surface area contributed by atoms with Crippen LogP contribution in [0.15, 0.2) is 182 Å². The Morgan fingerprint density at radius 3 is 1.86 bits per heavy atom. The van der Waals surface area contributed by atoms with E-state index in [1.165, 1.54) is 71.6 Å². The molecule has 0 fully saturated rings. The van der Waals surface area contributed by atoms with Crippen molar-refractivity contribution in [1.29, 1.82) is 0 Å². The number of fused-ring (bicyclic) bond motifs is 8. The van der Waals surface area contributed by atoms with Crippen molar-refractivity contribution in [3.8, 4) is 27.9 Å². The number of hydrogen-bond acceptors (Lipinski definition) is 1. The molecule has 9 aromatic rings. The Balaban J connectivity index is 1.18. The summed E-state index contributed by atoms with van der Waals surface area (Å²) in [7, 11) is 0. The number of benzene rings is 8. The fourth-order valence-electron chi connectivity index (χ4n) is 8.47. The number of para-hydroxylation sites is 2. The van der Waals surface area contributed by atoms with Crippen LogP contribution in [0.1, 0.15) is 25.0 Å². The predicted octanol–water partition coefficient (Wildman–Crippen LogP) is 13.4. The fourth-order valence-corrected chi connectivity index (χ4v) is 8.47. The fraction of sp³-hybridized carbons (Fsp3) is 0.0612. The van der Waals surface area contributed by atoms with Crippen LogP contribution in [0.25, 0.3) is 60.5 Å². The second-order valence-electron chi connectivity index (χ2n) is 14.2. The van der Waals surface area contributed by atoms with Crippen molar-refractivity contribution in [1.82, 2.24) is 4.57 Å². The van der Waals surface area contributed by atoms with Crippen LogP contribution in [0.4, 0.5) is 17.1 Å². The van der Waals surface area contributed by atoms with Crippen molar-refractivity contribution in [2.75, 3.05) is 4.90 Å². The number of nitrogens with zero attached hydrogens (tertiary/aromatic N) is 2. The Kier molecular flexibility index (Phi) is 6.56. The summed E-state index contributed by atoms with van der Waals surface area (Å²) in [6, 6.07) is 66.6. The maximum absolute atomic E-state index is 2.42. The van der Waals surface area contributed by atoms with Crippen LogP contribution in [-0.2, 0) is 5.41 Å². The molecule has 0 amide bonds. The van der Waals surface area contributed by atoms with Gasteiger partial charge in [-0.25, -0.2) is 0 Å². The van der Waals surface area contributed by atoms with Gasteiger partial charge in [-0.05, 0) is 93.4 Å². The first kappa shape index (κ1) is 29.5. The molecule has 0 spiro atoms. The molecule has 2 heteroatoms. The van der Waals surface area contributed by atoms with E-state index in [9.17, 15) is 0 Å². The van der Waals surface area contributed by atoms with E-state index in [1.807, 2.05) is 0 Å². The van der Waals surface area contributed by atoms with Gasteiger partial charge in [0.1, 0.15) is 0 Å². The minimum absolute atomic E-state index is 0.0926. The van der Waals surface area contributed by atoms with E-state index in [0.29, 0.717) is 0 Å². The van der Waals surface area contributed by atoms with E-state index in [2.05, 4.69) is 205 Å². The smallest absolute Gasteiger partial charge is 0.0619 e. The van der Waals surface area contributed by atoms with Crippen LogP contribution in [-0.4, -0.2) is 4.57 Å². The molecule has 0 aliphatic heterocycles. The number of aromatic nitrogens is 1. The third-order valence-electron chi connectivity index (χ3n) is 11.0. The summed E-state index contributed by atoms with van der Waals surface area (Å²) in [6.07, 6.45) is 0. The quantitative estimate of drug-likeness (QED) is 0.180. The Labute approximate surface area is 298 Å². The standard InChI is InChI=1S/C49H36N2/c1-49(2)45-19-11-9-17-41(45)42-30-27-39(32-46(42)49)50(37-24-21-34(22-25-37)33-13-5-3-6-14-33)38-26-29-40-35(31-38)23-28-44-43-18-10-12-20-47(43)51(48(40)44)36-15-7-4-8-16-36/h3-32H,1-2H3. The van der Waals surface area contributed by atoms with Gasteiger partial charge in [-0.3, -0.25) is 0 Å². The molecular formula is C49H36N2. The van der Waals surface area contributed by atoms with E-state index in [1.54, 1.807) is 0 Å². The van der Waals surface area contributed by atoms with Crippen molar-refractivity contribution >= 4 is 49.6 Å². The van der Waals surface area contributed by atoms with Gasteiger partial charge >= 0.3 is 0 Å². The van der Waals surface area contributed by atoms with E-state index in [4.69, 9.17) is 0 Å². The molecule has 0 saturated carbocycles. The topological polar surface area (TPSA) is 8.17 Å². The van der Waals surface area contributed by atoms with Gasteiger partial charge in [0.25, 0.3) is 0 Å². The zero-order chi connectivity index (χ0) is 34.1. The first-order chi connectivity index (χ1) is 25.1. The zero-order valence-corrected chi connectivity index (χ0v) is 28.7. The third-order valence-corrected chi connectivity index (χ3v) is 11.0. The number of hydrogen-bond donors (Lipinski definition) is 0. The Morgan fingerprint density at radius 2 is 1.04 bits per heavy atom. The van der Waals surface area contributed by atoms with Crippen molar-refractivity contribution in [2.45, 2.75) is 19.3 Å². The van der Waals surface area contributed by atoms with Crippen LogP contribution in [0, 0.1) is 0 Å². The van der Waals surface area contributed by atoms with Gasteiger partial charge < -0.3 is 9.47 Å². The summed E-state index contributed by atoms with van der Waals surface area (Å²) in [5.74, 6) is 0. The van der Waals surface area contributed by atoms with Gasteiger partial charge in [-0.2, -0.15) is 0 Å². The lowest BCUT2D eigenvalue weighted by atomic mass is 9.82. The molecule has 2 nitrogen and oxygen atoms in total. The maximum Gasteiger partial charge on any atom is 0.0619 e. The molecule has 1 aliphatic rings. The second kappa shape index (κ2) is 11.3. The van der Waals surface area contributed by atoms with Crippen molar-refractivity contribution in [3.63, 3.8) is 0 Å². The predicted molar refractivity (Wildman–Crippen MR) is 216 cm³/mol. The van der Waals surface area contributed by atoms with E-state index < -0.39 is 0 Å². The van der Waals surface area contributed by atoms with Crippen LogP contribution >= 0.6 is 0 Å². The Bertz CT molecular complexity index is 2750. The average molecular weight is 653 g/mol. The average Bonchev–Trinajstić information content (AvgIpc) is 3.65. The molecule has 51 heavy (non-hydrogen) atoms. The molecule has 0 saturated heterocycles. The first-order valence-electron chi connectivity index (χ1n) is 17.8. The van der Waals surface area contributed by atoms with E-state index in [0.717, 1.165) is 17.1 Å². The number of anilines is 3. The Hall–Kier alpha value is -6.38. The SMILES string of the molecule is CC1(C)c2ccccc2-c2ccc(N(c3ccc(-c4ccccc4)cc3)c3ccc4c(ccc5c6ccccc6n(-c6ccccc6)c45)c3)cc21. The maximum atomic E-state index is 2.42. The normalized spacial score (nSPS) is 13.1. The lowest BCUT2D eigenvalue weighted by Crippen LogP contribution is -2.16. The van der Waals surface area contributed by atoms with Gasteiger partial charge in [0.05, 0.1) is 11.0 Å². The van der Waals surface area contributed by atoms with Crippen LogP contribution in [0.3, 0.4) is 0 Å². The molecule has 0 atom stereocenters. The highest BCUT2D eigenvalue weighted by molar-refractivity contribution is 6.19. The molecule has 242 valence electrons. The molecule has 0 radical (unpaired) electrons. The molecule has 1 heterocycles. The summed E-state index contributed by atoms with van der Waals surface area (Å²) in [5, 5.41) is 4.98. The second-order valence-corrected chi connectivity index (χ2v) is 14.2. The lowest BCUT2D eigenvalue weighted by molar-refractivity contribution is 0.660. The molecule has 0 bridgehead atoms. The summed E-state index contributed by atoms with van der Waals surface area (Å²) in [5.41, 5.74) is 14.8. The molecular weight excluding hydrogens is 617 g/mol. The summed E-state index contributed by atoms with van der Waals surface area (Å²) >= 11 is 0. The Morgan fingerprint density at radius 1 is 0.431 bits per heavy atom. The monoisotopic (exact) mass is 652 g/mol. The van der Waals surface area contributed by atoms with Gasteiger partial charge in [0.2, 0.25) is 0 Å². The third kappa shape index (κ3) is 4.57. The van der Waals surface area contributed by atoms with Crippen LogP contribution in [0.2, 0.25) is 0 Å². The molecule has 10 rings (SSSR count). The van der Waals surface area contributed by atoms with E-state index >= 15 is 0 Å². The molecule has 8 aromatic carbocycles. The zero-order valence-electron chi connectivity index (χ0n) is 28.7. The molecule has 1 aliphatic carbocycles.